The summed E-state index contributed by atoms with van der Waals surface area (Å²) in [5.41, 5.74) is 1.09. The van der Waals surface area contributed by atoms with E-state index in [1.807, 2.05) is 31.2 Å². The van der Waals surface area contributed by atoms with E-state index in [1.54, 1.807) is 18.2 Å². The molecule has 7 heteroatoms. The minimum absolute atomic E-state index is 0.206. The molecule has 5 nitrogen and oxygen atoms in total. The van der Waals surface area contributed by atoms with Crippen LogP contribution in [-0.2, 0) is 4.79 Å². The smallest absolute Gasteiger partial charge is 0.293 e. The molecule has 0 N–H and O–H groups in total. The summed E-state index contributed by atoms with van der Waals surface area (Å²) in [5.74, 6) is 0.909. The van der Waals surface area contributed by atoms with Crippen molar-refractivity contribution in [2.24, 2.45) is 0 Å². The van der Waals surface area contributed by atoms with Gasteiger partial charge in [-0.25, -0.2) is 0 Å². The van der Waals surface area contributed by atoms with Crippen molar-refractivity contribution in [2.75, 3.05) is 13.2 Å². The molecule has 0 atom stereocenters. The highest BCUT2D eigenvalue weighted by atomic mass is 79.9. The van der Waals surface area contributed by atoms with Crippen LogP contribution in [0.5, 0.6) is 5.75 Å². The molecule has 0 radical (unpaired) electrons. The van der Waals surface area contributed by atoms with Crippen molar-refractivity contribution >= 4 is 44.9 Å². The van der Waals surface area contributed by atoms with E-state index in [9.17, 15) is 9.59 Å². The van der Waals surface area contributed by atoms with E-state index in [2.05, 4.69) is 15.9 Å². The highest BCUT2D eigenvalue weighted by Crippen LogP contribution is 2.32. The Hall–Kier alpha value is -1.99. The van der Waals surface area contributed by atoms with Gasteiger partial charge in [0.2, 0.25) is 0 Å². The van der Waals surface area contributed by atoms with Gasteiger partial charge in [0.15, 0.2) is 4.67 Å². The molecule has 0 unspecified atom stereocenters. The van der Waals surface area contributed by atoms with Gasteiger partial charge >= 0.3 is 0 Å². The lowest BCUT2D eigenvalue weighted by atomic mass is 10.2. The van der Waals surface area contributed by atoms with Crippen molar-refractivity contribution in [1.29, 1.82) is 0 Å². The van der Waals surface area contributed by atoms with Crippen LogP contribution in [0, 0.1) is 6.92 Å². The van der Waals surface area contributed by atoms with Crippen LogP contribution in [0.2, 0.25) is 0 Å². The largest absolute Gasteiger partial charge is 0.492 e. The minimum Gasteiger partial charge on any atom is -0.492 e. The number of carbonyl (C=O) groups excluding carboxylic acids is 2. The van der Waals surface area contributed by atoms with E-state index in [-0.39, 0.29) is 24.3 Å². The zero-order valence-electron chi connectivity index (χ0n) is 12.8. The van der Waals surface area contributed by atoms with E-state index in [4.69, 9.17) is 9.15 Å². The predicted molar refractivity (Wildman–Crippen MR) is 95.8 cm³/mol. The molecule has 0 spiro atoms. The summed E-state index contributed by atoms with van der Waals surface area (Å²) < 4.78 is 11.5. The molecule has 24 heavy (non-hydrogen) atoms. The molecule has 1 saturated heterocycles. The molecule has 1 aliphatic heterocycles. The summed E-state index contributed by atoms with van der Waals surface area (Å²) in [6.07, 6.45) is 1.57. The standard InChI is InChI=1S/C17H14BrNO4S/c1-11-3-2-4-12(9-11)22-8-7-19-16(20)14(24-17(19)21)10-13-5-6-15(18)23-13/h2-6,9-10H,7-8H2,1H3/b14-10-. The first-order valence-corrected chi connectivity index (χ1v) is 8.84. The molecule has 0 bridgehead atoms. The average Bonchev–Trinajstić information content (AvgIpc) is 3.05. The third-order valence-electron chi connectivity index (χ3n) is 3.31. The number of furan rings is 1. The van der Waals surface area contributed by atoms with Crippen molar-refractivity contribution in [2.45, 2.75) is 6.92 Å². The van der Waals surface area contributed by atoms with Gasteiger partial charge in [0, 0.05) is 6.08 Å². The van der Waals surface area contributed by atoms with Crippen molar-refractivity contribution in [1.82, 2.24) is 4.90 Å². The first-order valence-electron chi connectivity index (χ1n) is 7.23. The van der Waals surface area contributed by atoms with E-state index in [0.29, 0.717) is 15.3 Å². The van der Waals surface area contributed by atoms with E-state index in [1.165, 1.54) is 4.90 Å². The molecule has 1 aromatic carbocycles. The molecule has 0 aliphatic carbocycles. The van der Waals surface area contributed by atoms with Crippen LogP contribution >= 0.6 is 27.7 Å². The van der Waals surface area contributed by atoms with Gasteiger partial charge in [-0.05, 0) is 64.4 Å². The van der Waals surface area contributed by atoms with E-state index in [0.717, 1.165) is 23.1 Å². The van der Waals surface area contributed by atoms with Gasteiger partial charge in [-0.2, -0.15) is 0 Å². The molecular weight excluding hydrogens is 394 g/mol. The normalized spacial score (nSPS) is 16.2. The second-order valence-corrected chi connectivity index (χ2v) is 6.91. The number of ether oxygens (including phenoxy) is 1. The van der Waals surface area contributed by atoms with Crippen molar-refractivity contribution < 1.29 is 18.7 Å². The number of halogens is 1. The van der Waals surface area contributed by atoms with E-state index >= 15 is 0 Å². The fraction of sp³-hybridized carbons (Fsp3) is 0.176. The Morgan fingerprint density at radius 1 is 1.29 bits per heavy atom. The number of rotatable bonds is 5. The Morgan fingerprint density at radius 3 is 2.83 bits per heavy atom. The van der Waals surface area contributed by atoms with Crippen LogP contribution < -0.4 is 4.74 Å². The number of imide groups is 1. The van der Waals surface area contributed by atoms with Crippen molar-refractivity contribution in [3.63, 3.8) is 0 Å². The SMILES string of the molecule is Cc1cccc(OCCN2C(=O)S/C(=C\c3ccc(Br)o3)C2=O)c1. The van der Waals surface area contributed by atoms with Gasteiger partial charge in [-0.15, -0.1) is 0 Å². The third-order valence-corrected chi connectivity index (χ3v) is 4.65. The van der Waals surface area contributed by atoms with Gasteiger partial charge in [0.1, 0.15) is 18.1 Å². The van der Waals surface area contributed by atoms with Gasteiger partial charge in [0.25, 0.3) is 11.1 Å². The number of nitrogens with zero attached hydrogens (tertiary/aromatic N) is 1. The zero-order valence-corrected chi connectivity index (χ0v) is 15.2. The minimum atomic E-state index is -0.328. The maximum Gasteiger partial charge on any atom is 0.293 e. The fourth-order valence-electron chi connectivity index (χ4n) is 2.19. The number of hydrogen-bond acceptors (Lipinski definition) is 5. The Morgan fingerprint density at radius 2 is 2.12 bits per heavy atom. The summed E-state index contributed by atoms with van der Waals surface area (Å²) >= 11 is 4.10. The van der Waals surface area contributed by atoms with Crippen LogP contribution in [0.4, 0.5) is 4.79 Å². The molecule has 1 aromatic heterocycles. The Labute approximate surface area is 151 Å². The van der Waals surface area contributed by atoms with Gasteiger partial charge in [-0.3, -0.25) is 14.5 Å². The summed E-state index contributed by atoms with van der Waals surface area (Å²) in [4.78, 5) is 25.9. The van der Waals surface area contributed by atoms with Gasteiger partial charge < -0.3 is 9.15 Å². The van der Waals surface area contributed by atoms with Crippen LogP contribution in [0.1, 0.15) is 11.3 Å². The molecule has 2 heterocycles. The Bertz CT molecular complexity index is 814. The van der Waals surface area contributed by atoms with E-state index < -0.39 is 0 Å². The number of thioether (sulfide) groups is 1. The summed E-state index contributed by atoms with van der Waals surface area (Å²) in [7, 11) is 0. The quantitative estimate of drug-likeness (QED) is 0.684. The highest BCUT2D eigenvalue weighted by Gasteiger charge is 2.35. The summed E-state index contributed by atoms with van der Waals surface area (Å²) in [6, 6.07) is 11.1. The molecule has 0 saturated carbocycles. The predicted octanol–water partition coefficient (Wildman–Crippen LogP) is 4.47. The lowest BCUT2D eigenvalue weighted by molar-refractivity contribution is -0.123. The second-order valence-electron chi connectivity index (χ2n) is 5.14. The summed E-state index contributed by atoms with van der Waals surface area (Å²) in [5, 5.41) is -0.301. The summed E-state index contributed by atoms with van der Waals surface area (Å²) in [6.45, 7) is 2.43. The Kier molecular flexibility index (Phi) is 5.11. The maximum atomic E-state index is 12.3. The monoisotopic (exact) mass is 407 g/mol. The number of hydrogen-bond donors (Lipinski definition) is 0. The maximum absolute atomic E-state index is 12.3. The highest BCUT2D eigenvalue weighted by molar-refractivity contribution is 9.10. The topological polar surface area (TPSA) is 59.8 Å². The number of amides is 2. The lowest BCUT2D eigenvalue weighted by Gasteiger charge is -2.13. The number of aryl methyl sites for hydroxylation is 1. The van der Waals surface area contributed by atoms with Crippen molar-refractivity contribution in [3.8, 4) is 5.75 Å². The van der Waals surface area contributed by atoms with Crippen LogP contribution in [0.3, 0.4) is 0 Å². The lowest BCUT2D eigenvalue weighted by Crippen LogP contribution is -2.32. The molecule has 1 fully saturated rings. The molecule has 2 aromatic rings. The molecule has 3 rings (SSSR count). The fourth-order valence-corrected chi connectivity index (χ4v) is 3.35. The Balaban J connectivity index is 1.61. The van der Waals surface area contributed by atoms with Crippen molar-refractivity contribution in [3.05, 3.63) is 57.3 Å². The molecular formula is C17H14BrNO4S. The number of benzene rings is 1. The first-order chi connectivity index (χ1) is 11.5. The average molecular weight is 408 g/mol. The van der Waals surface area contributed by atoms with Gasteiger partial charge in [-0.1, -0.05) is 12.1 Å². The molecule has 1 aliphatic rings. The van der Waals surface area contributed by atoms with Crippen LogP contribution in [0.15, 0.2) is 50.4 Å². The number of carbonyl (C=O) groups is 2. The van der Waals surface area contributed by atoms with Gasteiger partial charge in [0.05, 0.1) is 11.4 Å². The second kappa shape index (κ2) is 7.27. The third kappa shape index (κ3) is 3.91. The first kappa shape index (κ1) is 16.9. The molecule has 124 valence electrons. The zero-order chi connectivity index (χ0) is 17.1. The van der Waals surface area contributed by atoms with Crippen LogP contribution in [0.25, 0.3) is 6.08 Å². The molecule has 2 amide bonds. The van der Waals surface area contributed by atoms with Crippen LogP contribution in [-0.4, -0.2) is 29.2 Å².